The van der Waals surface area contributed by atoms with Crippen molar-refractivity contribution in [3.8, 4) is 0 Å². The van der Waals surface area contributed by atoms with Gasteiger partial charge in [-0.25, -0.2) is 0 Å². The molecule has 0 atom stereocenters. The maximum absolute atomic E-state index is 11.5. The van der Waals surface area contributed by atoms with E-state index in [4.69, 9.17) is 18.9 Å². The predicted octanol–water partition coefficient (Wildman–Crippen LogP) is 14.3. The van der Waals surface area contributed by atoms with Crippen LogP contribution in [0.5, 0.6) is 0 Å². The smallest absolute Gasteiger partial charge is 0.457 e. The molecule has 316 valence electrons. The van der Waals surface area contributed by atoms with Gasteiger partial charge < -0.3 is 18.9 Å². The molecule has 53 heavy (non-hydrogen) atoms. The maximum Gasteiger partial charge on any atom is 0.549 e. The molecule has 0 rings (SSSR count). The second kappa shape index (κ2) is 42.7. The van der Waals surface area contributed by atoms with E-state index in [2.05, 4.69) is 23.6 Å². The lowest BCUT2D eigenvalue weighted by atomic mass is 9.98. The summed E-state index contributed by atoms with van der Waals surface area (Å²) < 4.78 is 20.5. The third-order valence-electron chi connectivity index (χ3n) is 9.83. The number of esters is 1. The zero-order chi connectivity index (χ0) is 39.5. The summed E-state index contributed by atoms with van der Waals surface area (Å²) in [6, 6.07) is 0. The Hall–Kier alpha value is -2.03. The lowest BCUT2D eigenvalue weighted by molar-refractivity contribution is -0.217. The van der Waals surface area contributed by atoms with Gasteiger partial charge in [-0.05, 0) is 32.6 Å². The molecule has 0 unspecified atom stereocenters. The molecule has 0 saturated heterocycles. The predicted molar refractivity (Wildman–Crippen MR) is 217 cm³/mol. The maximum atomic E-state index is 11.5. The average molecular weight is 759 g/mol. The van der Waals surface area contributed by atoms with Crippen molar-refractivity contribution < 1.29 is 43.1 Å². The SMILES string of the molecule is CCCCCCCCCCCCCCCCOC(=O)OOC(=O)OCCCCCCCCCCCCCCCC.CCOCC(CC)(CC)OC(C)=O. The Labute approximate surface area is 327 Å². The van der Waals surface area contributed by atoms with Crippen LogP contribution in [0.15, 0.2) is 0 Å². The highest BCUT2D eigenvalue weighted by Gasteiger charge is 2.29. The Balaban J connectivity index is 0. The van der Waals surface area contributed by atoms with E-state index in [1.54, 1.807) is 0 Å². The van der Waals surface area contributed by atoms with Crippen LogP contribution in [0, 0.1) is 0 Å². The van der Waals surface area contributed by atoms with Gasteiger partial charge in [-0.2, -0.15) is 19.4 Å². The summed E-state index contributed by atoms with van der Waals surface area (Å²) in [4.78, 5) is 42.6. The quantitative estimate of drug-likeness (QED) is 0.0203. The Morgan fingerprint density at radius 2 is 0.698 bits per heavy atom. The van der Waals surface area contributed by atoms with Crippen molar-refractivity contribution in [2.75, 3.05) is 26.4 Å². The standard InChI is InChI=1S/C34H66O6.C10H20O3/c1-3-5-7-9-11-13-15-17-19-21-23-25-27-29-31-37-33(35)39-40-34(36)38-32-30-28-26-24-22-20-18-16-14-12-10-8-6-4-2;1-5-10(6-2,8-12-7-3)13-9(4)11/h3-32H2,1-2H3;5-8H2,1-4H3. The van der Waals surface area contributed by atoms with Gasteiger partial charge in [-0.3, -0.25) is 4.79 Å². The van der Waals surface area contributed by atoms with E-state index in [1.807, 2.05) is 20.8 Å². The van der Waals surface area contributed by atoms with Crippen molar-refractivity contribution in [2.24, 2.45) is 0 Å². The van der Waals surface area contributed by atoms with Crippen molar-refractivity contribution in [2.45, 2.75) is 240 Å². The molecule has 0 amide bonds. The Morgan fingerprint density at radius 3 is 0.943 bits per heavy atom. The fourth-order valence-electron chi connectivity index (χ4n) is 6.24. The molecule has 0 heterocycles. The minimum Gasteiger partial charge on any atom is -0.457 e. The number of rotatable bonds is 36. The van der Waals surface area contributed by atoms with Crippen LogP contribution in [0.4, 0.5) is 9.59 Å². The molecule has 0 radical (unpaired) electrons. The van der Waals surface area contributed by atoms with Crippen molar-refractivity contribution in [3.05, 3.63) is 0 Å². The molecule has 0 aliphatic rings. The van der Waals surface area contributed by atoms with Crippen molar-refractivity contribution in [1.82, 2.24) is 0 Å². The monoisotopic (exact) mass is 759 g/mol. The lowest BCUT2D eigenvalue weighted by Gasteiger charge is -2.30. The fourth-order valence-corrected chi connectivity index (χ4v) is 6.24. The molecular weight excluding hydrogens is 672 g/mol. The number of carbonyl (C=O) groups is 3. The third kappa shape index (κ3) is 41.0. The highest BCUT2D eigenvalue weighted by atomic mass is 17.3. The third-order valence-corrected chi connectivity index (χ3v) is 9.83. The van der Waals surface area contributed by atoms with E-state index in [1.165, 1.54) is 148 Å². The molecule has 0 aliphatic heterocycles. The van der Waals surface area contributed by atoms with Gasteiger partial charge in [0.2, 0.25) is 0 Å². The van der Waals surface area contributed by atoms with Crippen LogP contribution in [-0.4, -0.2) is 50.3 Å². The molecule has 0 aromatic carbocycles. The van der Waals surface area contributed by atoms with Crippen LogP contribution >= 0.6 is 0 Å². The zero-order valence-electron chi connectivity index (χ0n) is 35.7. The van der Waals surface area contributed by atoms with E-state index < -0.39 is 17.9 Å². The molecule has 0 saturated carbocycles. The largest absolute Gasteiger partial charge is 0.549 e. The van der Waals surface area contributed by atoms with Gasteiger partial charge >= 0.3 is 18.3 Å². The first-order chi connectivity index (χ1) is 25.8. The van der Waals surface area contributed by atoms with E-state index >= 15 is 0 Å². The zero-order valence-corrected chi connectivity index (χ0v) is 35.7. The number of unbranched alkanes of at least 4 members (excludes halogenated alkanes) is 26. The Kier molecular flexibility index (Phi) is 42.8. The van der Waals surface area contributed by atoms with Gasteiger partial charge in [0.05, 0.1) is 19.8 Å². The average Bonchev–Trinajstić information content (AvgIpc) is 3.15. The van der Waals surface area contributed by atoms with Gasteiger partial charge in [-0.1, -0.05) is 195 Å². The lowest BCUT2D eigenvalue weighted by Crippen LogP contribution is -2.38. The molecule has 0 spiro atoms. The summed E-state index contributed by atoms with van der Waals surface area (Å²) in [5.41, 5.74) is -0.415. The van der Waals surface area contributed by atoms with Gasteiger partial charge in [0.1, 0.15) is 5.60 Å². The summed E-state index contributed by atoms with van der Waals surface area (Å²) in [7, 11) is 0. The van der Waals surface area contributed by atoms with Crippen LogP contribution in [0.3, 0.4) is 0 Å². The second-order valence-corrected chi connectivity index (χ2v) is 14.7. The van der Waals surface area contributed by atoms with Crippen LogP contribution < -0.4 is 0 Å². The minimum absolute atomic E-state index is 0.233. The fraction of sp³-hybridized carbons (Fsp3) is 0.932. The molecule has 0 fully saturated rings. The van der Waals surface area contributed by atoms with E-state index in [9.17, 15) is 14.4 Å². The highest BCUT2D eigenvalue weighted by molar-refractivity contribution is 5.66. The van der Waals surface area contributed by atoms with Crippen LogP contribution in [0.1, 0.15) is 234 Å². The summed E-state index contributed by atoms with van der Waals surface area (Å²) in [5.74, 6) is -0.233. The van der Waals surface area contributed by atoms with Gasteiger partial charge in [0, 0.05) is 13.5 Å². The summed E-state index contributed by atoms with van der Waals surface area (Å²) >= 11 is 0. The Bertz CT molecular complexity index is 739. The topological polar surface area (TPSA) is 107 Å². The molecular formula is C44H86O9. The van der Waals surface area contributed by atoms with Crippen LogP contribution in [0.25, 0.3) is 0 Å². The van der Waals surface area contributed by atoms with Crippen LogP contribution in [-0.2, 0) is 33.5 Å². The first kappa shape index (κ1) is 53.1. The number of ether oxygens (including phenoxy) is 4. The molecule has 0 aromatic heterocycles. The van der Waals surface area contributed by atoms with E-state index in [-0.39, 0.29) is 19.2 Å². The molecule has 0 aliphatic carbocycles. The summed E-state index contributed by atoms with van der Waals surface area (Å²) in [6.45, 7) is 13.6. The normalized spacial score (nSPS) is 11.1. The molecule has 0 bridgehead atoms. The first-order valence-electron chi connectivity index (χ1n) is 22.3. The van der Waals surface area contributed by atoms with Crippen molar-refractivity contribution in [1.29, 1.82) is 0 Å². The highest BCUT2D eigenvalue weighted by Crippen LogP contribution is 2.21. The molecule has 9 nitrogen and oxygen atoms in total. The molecule has 0 N–H and O–H groups in total. The number of hydrogen-bond acceptors (Lipinski definition) is 9. The van der Waals surface area contributed by atoms with E-state index in [0.29, 0.717) is 13.2 Å². The summed E-state index contributed by atoms with van der Waals surface area (Å²) in [5, 5.41) is 0. The minimum atomic E-state index is -0.997. The van der Waals surface area contributed by atoms with Crippen molar-refractivity contribution in [3.63, 3.8) is 0 Å². The van der Waals surface area contributed by atoms with Gasteiger partial charge in [0.25, 0.3) is 0 Å². The van der Waals surface area contributed by atoms with Gasteiger partial charge in [-0.15, -0.1) is 0 Å². The van der Waals surface area contributed by atoms with Crippen LogP contribution in [0.2, 0.25) is 0 Å². The molecule has 0 aromatic rings. The number of hydrogen-bond donors (Lipinski definition) is 0. The summed E-state index contributed by atoms with van der Waals surface area (Å²) in [6.07, 6.45) is 35.2. The Morgan fingerprint density at radius 1 is 0.415 bits per heavy atom. The van der Waals surface area contributed by atoms with Crippen molar-refractivity contribution >= 4 is 18.3 Å². The van der Waals surface area contributed by atoms with Gasteiger partial charge in [0.15, 0.2) is 0 Å². The second-order valence-electron chi connectivity index (χ2n) is 14.7. The number of carbonyl (C=O) groups excluding carboxylic acids is 3. The van der Waals surface area contributed by atoms with E-state index in [0.717, 1.165) is 51.4 Å². The molecule has 9 heteroatoms. The first-order valence-corrected chi connectivity index (χ1v) is 22.3.